The van der Waals surface area contributed by atoms with Crippen LogP contribution >= 0.6 is 0 Å². The second-order valence-electron chi connectivity index (χ2n) is 4.55. The Morgan fingerprint density at radius 1 is 1.29 bits per heavy atom. The molecule has 1 heterocycles. The first-order valence-electron chi connectivity index (χ1n) is 6.60. The van der Waals surface area contributed by atoms with E-state index in [1.165, 1.54) is 0 Å². The zero-order chi connectivity index (χ0) is 15.2. The molecule has 5 N–H and O–H groups in total. The van der Waals surface area contributed by atoms with Gasteiger partial charge in [0.1, 0.15) is 5.57 Å². The number of aliphatic hydroxyl groups excluding tert-OH is 1. The summed E-state index contributed by atoms with van der Waals surface area (Å²) in [6.45, 7) is 1.95. The fourth-order valence-corrected chi connectivity index (χ4v) is 2.00. The minimum atomic E-state index is -0.502. The van der Waals surface area contributed by atoms with Crippen molar-refractivity contribution in [2.24, 2.45) is 0 Å². The van der Waals surface area contributed by atoms with E-state index in [0.29, 0.717) is 17.9 Å². The molecule has 112 valence electrons. The number of amides is 2. The molecule has 1 aliphatic rings. The van der Waals surface area contributed by atoms with Gasteiger partial charge in [0.25, 0.3) is 11.8 Å². The van der Waals surface area contributed by atoms with Crippen molar-refractivity contribution in [1.82, 2.24) is 16.0 Å². The van der Waals surface area contributed by atoms with Crippen LogP contribution in [-0.2, 0) is 9.59 Å². The van der Waals surface area contributed by atoms with Crippen molar-refractivity contribution in [3.8, 4) is 0 Å². The normalized spacial score (nSPS) is 18.0. The SMILES string of the molecule is CC1=C(C(=O)Nc2ccccc2)C(=O)NC(NCCO)N1. The van der Waals surface area contributed by atoms with Crippen molar-refractivity contribution in [2.75, 3.05) is 18.5 Å². The van der Waals surface area contributed by atoms with Crippen molar-refractivity contribution in [3.05, 3.63) is 41.6 Å². The molecule has 2 rings (SSSR count). The highest BCUT2D eigenvalue weighted by atomic mass is 16.3. The van der Waals surface area contributed by atoms with Crippen LogP contribution in [0.15, 0.2) is 41.6 Å². The van der Waals surface area contributed by atoms with Gasteiger partial charge in [-0.15, -0.1) is 0 Å². The molecule has 1 aliphatic heterocycles. The third-order valence-corrected chi connectivity index (χ3v) is 2.96. The second-order valence-corrected chi connectivity index (χ2v) is 4.55. The molecule has 0 radical (unpaired) electrons. The second kappa shape index (κ2) is 6.87. The van der Waals surface area contributed by atoms with E-state index in [-0.39, 0.29) is 12.2 Å². The number of benzene rings is 1. The Hall–Kier alpha value is -2.38. The summed E-state index contributed by atoms with van der Waals surface area (Å²) in [6.07, 6.45) is -0.502. The number of carbonyl (C=O) groups excluding carboxylic acids is 2. The standard InChI is InChI=1S/C14H18N4O3/c1-9-11(12(20)17-10-5-3-2-4-6-10)13(21)18-14(16-9)15-7-8-19/h2-6,14-16,19H,7-8H2,1H3,(H,17,20)(H,18,21). The maximum atomic E-state index is 12.2. The molecule has 1 atom stereocenters. The van der Waals surface area contributed by atoms with Crippen molar-refractivity contribution in [2.45, 2.75) is 13.2 Å². The average molecular weight is 290 g/mol. The summed E-state index contributed by atoms with van der Waals surface area (Å²) >= 11 is 0. The lowest BCUT2D eigenvalue weighted by molar-refractivity contribution is -0.123. The number of aliphatic hydroxyl groups is 1. The molecule has 1 unspecified atom stereocenters. The molecule has 0 aliphatic carbocycles. The third-order valence-electron chi connectivity index (χ3n) is 2.96. The Morgan fingerprint density at radius 3 is 2.62 bits per heavy atom. The summed E-state index contributed by atoms with van der Waals surface area (Å²) in [7, 11) is 0. The maximum absolute atomic E-state index is 12.2. The molecule has 7 heteroatoms. The number of carbonyl (C=O) groups is 2. The highest BCUT2D eigenvalue weighted by molar-refractivity contribution is 6.23. The lowest BCUT2D eigenvalue weighted by Gasteiger charge is -2.28. The minimum absolute atomic E-state index is 0.0425. The highest BCUT2D eigenvalue weighted by Gasteiger charge is 2.28. The Kier molecular flexibility index (Phi) is 4.91. The molecule has 0 saturated carbocycles. The molecule has 0 saturated heterocycles. The highest BCUT2D eigenvalue weighted by Crippen LogP contribution is 2.12. The van der Waals surface area contributed by atoms with Crippen LogP contribution in [0.25, 0.3) is 0 Å². The Morgan fingerprint density at radius 2 is 2.00 bits per heavy atom. The van der Waals surface area contributed by atoms with E-state index in [1.54, 1.807) is 31.2 Å². The first kappa shape index (κ1) is 15.0. The van der Waals surface area contributed by atoms with Gasteiger partial charge in [-0.3, -0.25) is 14.9 Å². The molecule has 1 aromatic carbocycles. The molecule has 0 aromatic heterocycles. The zero-order valence-electron chi connectivity index (χ0n) is 11.6. The number of anilines is 1. The van der Waals surface area contributed by atoms with E-state index in [0.717, 1.165) is 0 Å². The number of hydrogen-bond acceptors (Lipinski definition) is 5. The molecular formula is C14H18N4O3. The lowest BCUT2D eigenvalue weighted by Crippen LogP contribution is -2.59. The summed E-state index contributed by atoms with van der Waals surface area (Å²) < 4.78 is 0. The van der Waals surface area contributed by atoms with Gasteiger partial charge in [-0.2, -0.15) is 0 Å². The first-order valence-corrected chi connectivity index (χ1v) is 6.60. The van der Waals surface area contributed by atoms with Crippen molar-refractivity contribution >= 4 is 17.5 Å². The summed E-state index contributed by atoms with van der Waals surface area (Å²) in [4.78, 5) is 24.2. The smallest absolute Gasteiger partial charge is 0.263 e. The predicted octanol–water partition coefficient (Wildman–Crippen LogP) is -0.516. The third kappa shape index (κ3) is 3.80. The monoisotopic (exact) mass is 290 g/mol. The molecule has 1 aromatic rings. The van der Waals surface area contributed by atoms with Crippen LogP contribution in [0.3, 0.4) is 0 Å². The van der Waals surface area contributed by atoms with Gasteiger partial charge in [-0.25, -0.2) is 0 Å². The summed E-state index contributed by atoms with van der Waals surface area (Å²) in [5.41, 5.74) is 1.14. The summed E-state index contributed by atoms with van der Waals surface area (Å²) in [5, 5.41) is 19.9. The largest absolute Gasteiger partial charge is 0.395 e. The van der Waals surface area contributed by atoms with Gasteiger partial charge in [0.05, 0.1) is 6.61 Å². The Bertz CT molecular complexity index is 557. The van der Waals surface area contributed by atoms with Crippen LogP contribution in [0.4, 0.5) is 5.69 Å². The number of allylic oxidation sites excluding steroid dienone is 1. The molecule has 0 bridgehead atoms. The number of rotatable bonds is 5. The van der Waals surface area contributed by atoms with Crippen LogP contribution in [0.2, 0.25) is 0 Å². The van der Waals surface area contributed by atoms with E-state index in [4.69, 9.17) is 5.11 Å². The summed E-state index contributed by atoms with van der Waals surface area (Å²) in [6, 6.07) is 8.92. The topological polar surface area (TPSA) is 102 Å². The Labute approximate surface area is 122 Å². The number of nitrogens with one attached hydrogen (secondary N) is 4. The number of para-hydroxylation sites is 1. The molecule has 21 heavy (non-hydrogen) atoms. The van der Waals surface area contributed by atoms with E-state index in [2.05, 4.69) is 21.3 Å². The molecule has 0 fully saturated rings. The molecular weight excluding hydrogens is 272 g/mol. The fraction of sp³-hybridized carbons (Fsp3) is 0.286. The van der Waals surface area contributed by atoms with Gasteiger partial charge in [0, 0.05) is 17.9 Å². The van der Waals surface area contributed by atoms with E-state index < -0.39 is 18.1 Å². The van der Waals surface area contributed by atoms with Gasteiger partial charge in [0.2, 0.25) is 0 Å². The molecule has 0 spiro atoms. The van der Waals surface area contributed by atoms with Gasteiger partial charge >= 0.3 is 0 Å². The van der Waals surface area contributed by atoms with E-state index >= 15 is 0 Å². The Balaban J connectivity index is 2.07. The fourth-order valence-electron chi connectivity index (χ4n) is 2.00. The van der Waals surface area contributed by atoms with Crippen LogP contribution in [0, 0.1) is 0 Å². The van der Waals surface area contributed by atoms with Gasteiger partial charge in [-0.05, 0) is 19.1 Å². The van der Waals surface area contributed by atoms with Crippen LogP contribution in [0.5, 0.6) is 0 Å². The maximum Gasteiger partial charge on any atom is 0.263 e. The average Bonchev–Trinajstić information content (AvgIpc) is 2.45. The zero-order valence-corrected chi connectivity index (χ0v) is 11.6. The van der Waals surface area contributed by atoms with Gasteiger partial charge in [0.15, 0.2) is 6.29 Å². The van der Waals surface area contributed by atoms with Crippen LogP contribution in [0.1, 0.15) is 6.92 Å². The van der Waals surface area contributed by atoms with Crippen molar-refractivity contribution in [1.29, 1.82) is 0 Å². The lowest BCUT2D eigenvalue weighted by atomic mass is 10.1. The van der Waals surface area contributed by atoms with E-state index in [9.17, 15) is 9.59 Å². The predicted molar refractivity (Wildman–Crippen MR) is 77.9 cm³/mol. The van der Waals surface area contributed by atoms with Gasteiger partial charge < -0.3 is 21.1 Å². The molecule has 2 amide bonds. The van der Waals surface area contributed by atoms with Gasteiger partial charge in [-0.1, -0.05) is 18.2 Å². The summed E-state index contributed by atoms with van der Waals surface area (Å²) in [5.74, 6) is -0.931. The number of hydrogen-bond donors (Lipinski definition) is 5. The van der Waals surface area contributed by atoms with Crippen molar-refractivity contribution < 1.29 is 14.7 Å². The van der Waals surface area contributed by atoms with E-state index in [1.807, 2.05) is 6.07 Å². The minimum Gasteiger partial charge on any atom is -0.395 e. The molecule has 7 nitrogen and oxygen atoms in total. The van der Waals surface area contributed by atoms with Crippen molar-refractivity contribution in [3.63, 3.8) is 0 Å². The van der Waals surface area contributed by atoms with Crippen LogP contribution < -0.4 is 21.3 Å². The first-order chi connectivity index (χ1) is 10.1. The quantitative estimate of drug-likeness (QED) is 0.470. The van der Waals surface area contributed by atoms with Crippen LogP contribution in [-0.4, -0.2) is 36.4 Å².